The molecule has 0 aromatic heterocycles. The number of ether oxygens (including phenoxy) is 3. The van der Waals surface area contributed by atoms with Gasteiger partial charge >= 0.3 is 18.0 Å². The van der Waals surface area contributed by atoms with Crippen LogP contribution in [0.15, 0.2) is 30.3 Å². The first-order chi connectivity index (χ1) is 11.8. The minimum absolute atomic E-state index is 0.0744. The molecule has 0 radical (unpaired) electrons. The van der Waals surface area contributed by atoms with E-state index in [0.717, 1.165) is 5.56 Å². The van der Waals surface area contributed by atoms with Crippen LogP contribution >= 0.6 is 11.6 Å². The summed E-state index contributed by atoms with van der Waals surface area (Å²) in [6.07, 6.45) is -1.88. The number of rotatable bonds is 8. The molecule has 0 saturated carbocycles. The number of carbonyl (C=O) groups excluding carboxylic acids is 3. The van der Waals surface area contributed by atoms with Gasteiger partial charge in [-0.25, -0.2) is 14.4 Å². The summed E-state index contributed by atoms with van der Waals surface area (Å²) in [6.45, 7) is 4.89. The van der Waals surface area contributed by atoms with Gasteiger partial charge in [-0.3, -0.25) is 0 Å². The van der Waals surface area contributed by atoms with Crippen LogP contribution < -0.4 is 5.32 Å². The highest BCUT2D eigenvalue weighted by molar-refractivity contribution is 6.17. The molecule has 0 spiro atoms. The zero-order chi connectivity index (χ0) is 18.8. The number of hydrogen-bond acceptors (Lipinski definition) is 6. The molecule has 0 heterocycles. The van der Waals surface area contributed by atoms with E-state index < -0.39 is 30.2 Å². The summed E-state index contributed by atoms with van der Waals surface area (Å²) in [7, 11) is 0. The van der Waals surface area contributed by atoms with E-state index in [4.69, 9.17) is 21.1 Å². The van der Waals surface area contributed by atoms with Crippen molar-refractivity contribution >= 4 is 29.6 Å². The summed E-state index contributed by atoms with van der Waals surface area (Å²) in [5.74, 6) is -1.80. The molecule has 25 heavy (non-hydrogen) atoms. The number of esters is 2. The van der Waals surface area contributed by atoms with Gasteiger partial charge in [-0.1, -0.05) is 55.8 Å². The molecular weight excluding hydrogens is 350 g/mol. The Hall–Kier alpha value is -2.28. The predicted molar refractivity (Wildman–Crippen MR) is 90.8 cm³/mol. The molecular formula is C17H22ClNO6. The number of amides is 1. The van der Waals surface area contributed by atoms with Crippen LogP contribution in [0.5, 0.6) is 0 Å². The molecule has 0 bridgehead atoms. The van der Waals surface area contributed by atoms with Gasteiger partial charge < -0.3 is 19.5 Å². The summed E-state index contributed by atoms with van der Waals surface area (Å²) >= 11 is 5.29. The second-order valence-electron chi connectivity index (χ2n) is 5.58. The molecule has 138 valence electrons. The highest BCUT2D eigenvalue weighted by Crippen LogP contribution is 2.08. The average Bonchev–Trinajstić information content (AvgIpc) is 2.58. The zero-order valence-electron chi connectivity index (χ0n) is 14.4. The number of alkyl carbamates (subject to hydrolysis) is 1. The van der Waals surface area contributed by atoms with Crippen molar-refractivity contribution in [2.75, 3.05) is 6.07 Å². The lowest BCUT2D eigenvalue weighted by Crippen LogP contribution is -2.47. The largest absolute Gasteiger partial charge is 0.449 e. The molecule has 2 atom stereocenters. The van der Waals surface area contributed by atoms with Crippen LogP contribution in [-0.2, 0) is 30.4 Å². The van der Waals surface area contributed by atoms with E-state index in [1.165, 1.54) is 6.92 Å². The molecule has 1 amide bonds. The second kappa shape index (κ2) is 10.6. The Morgan fingerprint density at radius 2 is 1.68 bits per heavy atom. The van der Waals surface area contributed by atoms with E-state index in [1.54, 1.807) is 13.8 Å². The van der Waals surface area contributed by atoms with Crippen molar-refractivity contribution in [1.29, 1.82) is 0 Å². The van der Waals surface area contributed by atoms with Crippen molar-refractivity contribution in [3.63, 3.8) is 0 Å². The number of carbonyl (C=O) groups is 3. The van der Waals surface area contributed by atoms with Gasteiger partial charge in [0.1, 0.15) is 12.6 Å². The maximum absolute atomic E-state index is 12.2. The maximum atomic E-state index is 12.2. The second-order valence-corrected chi connectivity index (χ2v) is 5.80. The van der Waals surface area contributed by atoms with Gasteiger partial charge in [0.15, 0.2) is 12.2 Å². The summed E-state index contributed by atoms with van der Waals surface area (Å²) < 4.78 is 14.6. The first-order valence-electron chi connectivity index (χ1n) is 7.75. The van der Waals surface area contributed by atoms with Gasteiger partial charge in [-0.2, -0.15) is 0 Å². The smallest absolute Gasteiger partial charge is 0.408 e. The Bertz CT molecular complexity index is 578. The lowest BCUT2D eigenvalue weighted by Gasteiger charge is -2.22. The topological polar surface area (TPSA) is 90.9 Å². The lowest BCUT2D eigenvalue weighted by molar-refractivity contribution is -0.167. The van der Waals surface area contributed by atoms with Crippen molar-refractivity contribution in [2.45, 2.75) is 39.5 Å². The zero-order valence-corrected chi connectivity index (χ0v) is 15.1. The highest BCUT2D eigenvalue weighted by Gasteiger charge is 2.29. The molecule has 1 aromatic carbocycles. The SMILES string of the molecule is CC(OC(=O)[C@@H](NC(=O)OCc1ccccc1)C(C)C)C(=O)OCCl. The molecule has 1 unspecified atom stereocenters. The van der Waals surface area contributed by atoms with Crippen molar-refractivity contribution in [1.82, 2.24) is 5.32 Å². The van der Waals surface area contributed by atoms with E-state index in [0.29, 0.717) is 0 Å². The molecule has 1 aromatic rings. The van der Waals surface area contributed by atoms with Crippen LogP contribution in [0.3, 0.4) is 0 Å². The van der Waals surface area contributed by atoms with Crippen LogP contribution in [0.2, 0.25) is 0 Å². The molecule has 7 nitrogen and oxygen atoms in total. The molecule has 0 aliphatic carbocycles. The van der Waals surface area contributed by atoms with Crippen molar-refractivity contribution < 1.29 is 28.6 Å². The van der Waals surface area contributed by atoms with E-state index in [9.17, 15) is 14.4 Å². The number of hydrogen-bond donors (Lipinski definition) is 1. The average molecular weight is 372 g/mol. The molecule has 0 fully saturated rings. The van der Waals surface area contributed by atoms with Crippen LogP contribution in [0.4, 0.5) is 4.79 Å². The summed E-state index contributed by atoms with van der Waals surface area (Å²) in [5.41, 5.74) is 0.818. The monoisotopic (exact) mass is 371 g/mol. The number of alkyl halides is 1. The molecule has 1 rings (SSSR count). The van der Waals surface area contributed by atoms with Crippen LogP contribution in [-0.4, -0.2) is 36.2 Å². The Balaban J connectivity index is 2.56. The number of benzene rings is 1. The van der Waals surface area contributed by atoms with Gasteiger partial charge in [-0.15, -0.1) is 0 Å². The molecule has 0 aliphatic rings. The predicted octanol–water partition coefficient (Wildman–Crippen LogP) is 2.61. The fourth-order valence-corrected chi connectivity index (χ4v) is 1.96. The first-order valence-corrected chi connectivity index (χ1v) is 8.29. The fraction of sp³-hybridized carbons (Fsp3) is 0.471. The quantitative estimate of drug-likeness (QED) is 0.429. The van der Waals surface area contributed by atoms with Gasteiger partial charge in [0.25, 0.3) is 0 Å². The Labute approximate surface area is 151 Å². The Morgan fingerprint density at radius 1 is 1.04 bits per heavy atom. The van der Waals surface area contributed by atoms with Gasteiger partial charge in [0, 0.05) is 0 Å². The normalized spacial score (nSPS) is 12.8. The third kappa shape index (κ3) is 7.43. The van der Waals surface area contributed by atoms with Crippen LogP contribution in [0, 0.1) is 5.92 Å². The van der Waals surface area contributed by atoms with E-state index in [2.05, 4.69) is 10.1 Å². The first kappa shape index (κ1) is 20.8. The Morgan fingerprint density at radius 3 is 2.24 bits per heavy atom. The van der Waals surface area contributed by atoms with Crippen molar-refractivity contribution in [3.8, 4) is 0 Å². The number of nitrogens with one attached hydrogen (secondary N) is 1. The standard InChI is InChI=1S/C17H22ClNO6/c1-11(2)14(16(21)25-12(3)15(20)24-10-18)19-17(22)23-9-13-7-5-4-6-8-13/h4-8,11-12,14H,9-10H2,1-3H3,(H,19,22)/t12?,14-/m0/s1. The summed E-state index contributed by atoms with van der Waals surface area (Å²) in [4.78, 5) is 35.5. The van der Waals surface area contributed by atoms with Gasteiger partial charge in [-0.05, 0) is 18.4 Å². The molecule has 8 heteroatoms. The summed E-state index contributed by atoms with van der Waals surface area (Å²) in [5, 5.41) is 2.45. The third-order valence-corrected chi connectivity index (χ3v) is 3.34. The van der Waals surface area contributed by atoms with E-state index in [-0.39, 0.29) is 18.6 Å². The van der Waals surface area contributed by atoms with Gasteiger partial charge in [0.2, 0.25) is 0 Å². The van der Waals surface area contributed by atoms with Crippen molar-refractivity contribution in [2.24, 2.45) is 5.92 Å². The van der Waals surface area contributed by atoms with Crippen LogP contribution in [0.25, 0.3) is 0 Å². The molecule has 1 N–H and O–H groups in total. The van der Waals surface area contributed by atoms with Crippen LogP contribution in [0.1, 0.15) is 26.3 Å². The minimum Gasteiger partial charge on any atom is -0.449 e. The minimum atomic E-state index is -1.13. The maximum Gasteiger partial charge on any atom is 0.408 e. The lowest BCUT2D eigenvalue weighted by atomic mass is 10.1. The number of halogens is 1. The van der Waals surface area contributed by atoms with Crippen molar-refractivity contribution in [3.05, 3.63) is 35.9 Å². The summed E-state index contributed by atoms with van der Waals surface area (Å²) in [6, 6.07) is 7.83. The fourth-order valence-electron chi connectivity index (χ4n) is 1.86. The molecule has 0 aliphatic heterocycles. The van der Waals surface area contributed by atoms with Gasteiger partial charge in [0.05, 0.1) is 0 Å². The molecule has 0 saturated heterocycles. The third-order valence-electron chi connectivity index (χ3n) is 3.23. The van der Waals surface area contributed by atoms with E-state index >= 15 is 0 Å². The highest BCUT2D eigenvalue weighted by atomic mass is 35.5. The Kier molecular flexibility index (Phi) is 8.77. The van der Waals surface area contributed by atoms with E-state index in [1.807, 2.05) is 30.3 Å².